The highest BCUT2D eigenvalue weighted by atomic mass is 32.2. The molecule has 1 spiro atoms. The van der Waals surface area contributed by atoms with Crippen LogP contribution in [0, 0.1) is 5.41 Å². The monoisotopic (exact) mass is 548 g/mol. The molecule has 2 saturated heterocycles. The Balaban J connectivity index is 1.36. The van der Waals surface area contributed by atoms with Crippen molar-refractivity contribution < 1.29 is 31.2 Å². The van der Waals surface area contributed by atoms with E-state index in [1.807, 2.05) is 17.9 Å². The van der Waals surface area contributed by atoms with Crippen LogP contribution in [0.25, 0.3) is 6.08 Å². The average Bonchev–Trinajstić information content (AvgIpc) is 3.57. The first-order valence-corrected chi connectivity index (χ1v) is 14.2. The van der Waals surface area contributed by atoms with E-state index in [1.165, 1.54) is 22.7 Å². The topological polar surface area (TPSA) is 84.3 Å². The van der Waals surface area contributed by atoms with E-state index < -0.39 is 27.5 Å². The van der Waals surface area contributed by atoms with Gasteiger partial charge in [-0.1, -0.05) is 17.3 Å². The van der Waals surface area contributed by atoms with Gasteiger partial charge in [-0.15, -0.1) is 0 Å². The van der Waals surface area contributed by atoms with Crippen molar-refractivity contribution >= 4 is 27.6 Å². The van der Waals surface area contributed by atoms with Gasteiger partial charge >= 0.3 is 6.18 Å². The molecule has 4 aliphatic heterocycles. The molecule has 38 heavy (non-hydrogen) atoms. The van der Waals surface area contributed by atoms with Gasteiger partial charge in [0.1, 0.15) is 0 Å². The molecule has 0 N–H and O–H groups in total. The van der Waals surface area contributed by atoms with E-state index in [1.54, 1.807) is 12.1 Å². The van der Waals surface area contributed by atoms with E-state index >= 15 is 0 Å². The largest absolute Gasteiger partial charge is 0.416 e. The number of hydrogen-bond acceptors (Lipinski definition) is 7. The van der Waals surface area contributed by atoms with Crippen LogP contribution in [0.15, 0.2) is 47.1 Å². The second-order valence-corrected chi connectivity index (χ2v) is 12.5. The Bertz CT molecular complexity index is 1450. The molecule has 0 saturated carbocycles. The summed E-state index contributed by atoms with van der Waals surface area (Å²) in [6, 6.07) is 8.56. The van der Waals surface area contributed by atoms with E-state index in [0.29, 0.717) is 61.9 Å². The number of amidine groups is 1. The number of alkyl halides is 3. The summed E-state index contributed by atoms with van der Waals surface area (Å²) in [5.41, 5.74) is 1.44. The van der Waals surface area contributed by atoms with Crippen LogP contribution < -0.4 is 4.31 Å². The minimum atomic E-state index is -4.43. The maximum Gasteiger partial charge on any atom is 0.416 e. The first-order chi connectivity index (χ1) is 17.9. The number of ether oxygens (including phenoxy) is 1. The number of rotatable bonds is 3. The van der Waals surface area contributed by atoms with Crippen molar-refractivity contribution in [1.29, 1.82) is 0 Å². The number of nitrogens with zero attached hydrogens (tertiary/aromatic N) is 4. The number of hydrogen-bond donors (Lipinski definition) is 0. The van der Waals surface area contributed by atoms with E-state index in [0.717, 1.165) is 29.8 Å². The van der Waals surface area contributed by atoms with Crippen molar-refractivity contribution in [2.45, 2.75) is 38.1 Å². The average molecular weight is 549 g/mol. The quantitative estimate of drug-likeness (QED) is 0.574. The molecule has 0 amide bonds. The summed E-state index contributed by atoms with van der Waals surface area (Å²) in [5, 5.41) is 4.40. The van der Waals surface area contributed by atoms with Crippen molar-refractivity contribution in [2.24, 2.45) is 10.6 Å². The van der Waals surface area contributed by atoms with Gasteiger partial charge in [-0.05, 0) is 43.2 Å². The highest BCUT2D eigenvalue weighted by Crippen LogP contribution is 2.48. The van der Waals surface area contributed by atoms with Crippen molar-refractivity contribution in [2.75, 3.05) is 36.9 Å². The third-order valence-corrected chi connectivity index (χ3v) is 9.05. The minimum absolute atomic E-state index is 0.199. The van der Waals surface area contributed by atoms with Gasteiger partial charge in [-0.2, -0.15) is 13.2 Å². The molecule has 2 atom stereocenters. The van der Waals surface area contributed by atoms with Gasteiger partial charge < -0.3 is 14.5 Å². The number of pyridine rings is 1. The number of piperidine rings is 1. The van der Waals surface area contributed by atoms with Gasteiger partial charge in [0, 0.05) is 49.6 Å². The van der Waals surface area contributed by atoms with Crippen LogP contribution >= 0.6 is 0 Å². The van der Waals surface area contributed by atoms with Crippen LogP contribution in [0.4, 0.5) is 18.9 Å². The second kappa shape index (κ2) is 8.44. The van der Waals surface area contributed by atoms with Crippen LogP contribution in [-0.4, -0.2) is 56.7 Å². The number of sulfonamides is 1. The van der Waals surface area contributed by atoms with Gasteiger partial charge in [0.25, 0.3) is 0 Å². The van der Waals surface area contributed by atoms with Crippen LogP contribution in [0.3, 0.4) is 0 Å². The van der Waals surface area contributed by atoms with Gasteiger partial charge in [0.05, 0.1) is 35.5 Å². The van der Waals surface area contributed by atoms with Crippen LogP contribution in [0.5, 0.6) is 0 Å². The number of halogens is 3. The summed E-state index contributed by atoms with van der Waals surface area (Å²) in [5.74, 6) is 0.616. The Morgan fingerprint density at radius 2 is 1.89 bits per heavy atom. The highest BCUT2D eigenvalue weighted by Gasteiger charge is 2.53. The molecule has 8 nitrogen and oxygen atoms in total. The Morgan fingerprint density at radius 1 is 1.13 bits per heavy atom. The van der Waals surface area contributed by atoms with Gasteiger partial charge in [-0.25, -0.2) is 8.42 Å². The lowest BCUT2D eigenvalue weighted by Crippen LogP contribution is -2.53. The zero-order chi connectivity index (χ0) is 26.9. The fraction of sp³-hybridized carbons (Fsp3) is 0.462. The number of oxime groups is 1. The predicted octanol–water partition coefficient (Wildman–Crippen LogP) is 4.13. The Morgan fingerprint density at radius 3 is 2.55 bits per heavy atom. The molecule has 202 valence electrons. The summed E-state index contributed by atoms with van der Waals surface area (Å²) < 4.78 is 70.8. The normalized spacial score (nSPS) is 28.0. The van der Waals surface area contributed by atoms with Gasteiger partial charge in [-0.3, -0.25) is 9.29 Å². The molecule has 0 bridgehead atoms. The molecular weight excluding hydrogens is 521 g/mol. The Hall–Kier alpha value is -3.12. The molecule has 1 aromatic heterocycles. The first kappa shape index (κ1) is 25.2. The van der Waals surface area contributed by atoms with E-state index in [2.05, 4.69) is 5.16 Å². The van der Waals surface area contributed by atoms with Crippen molar-refractivity contribution in [3.05, 3.63) is 64.5 Å². The molecule has 2 fully saturated rings. The number of fused-ring (bicyclic) bond motifs is 2. The number of aromatic nitrogens is 1. The molecule has 1 aromatic carbocycles. The van der Waals surface area contributed by atoms with Crippen molar-refractivity contribution in [3.63, 3.8) is 0 Å². The zero-order valence-corrected chi connectivity index (χ0v) is 21.8. The minimum Gasteiger partial charge on any atom is -0.381 e. The Kier molecular flexibility index (Phi) is 5.59. The van der Waals surface area contributed by atoms with Crippen molar-refractivity contribution in [1.82, 2.24) is 9.88 Å². The second-order valence-electron chi connectivity index (χ2n) is 10.6. The van der Waals surface area contributed by atoms with Crippen molar-refractivity contribution in [3.8, 4) is 0 Å². The smallest absolute Gasteiger partial charge is 0.381 e. The van der Waals surface area contributed by atoms with Crippen LogP contribution in [-0.2, 0) is 37.9 Å². The van der Waals surface area contributed by atoms with Gasteiger partial charge in [0.2, 0.25) is 15.7 Å². The van der Waals surface area contributed by atoms with E-state index in [4.69, 9.17) is 14.6 Å². The first-order valence-electron chi connectivity index (χ1n) is 12.4. The standard InChI is InChI=1S/C26H27F3N4O4S/c1-24(18-3-5-19(6-4-18)26(27,28)29)32-15-25(10-12-36-16-25)14-17(23(32)31-37-24)13-20-7-8-22-21(30-20)9-11-33(22)38(2,34)35/h3-8,13H,9-12,14-16H2,1-2H3/b17-13+. The molecule has 5 heterocycles. The zero-order valence-electron chi connectivity index (χ0n) is 21.0. The third-order valence-electron chi connectivity index (χ3n) is 7.87. The summed E-state index contributed by atoms with van der Waals surface area (Å²) in [6.07, 6.45) is 0.742. The maximum absolute atomic E-state index is 13.2. The summed E-state index contributed by atoms with van der Waals surface area (Å²) in [4.78, 5) is 12.7. The molecule has 0 radical (unpaired) electrons. The highest BCUT2D eigenvalue weighted by molar-refractivity contribution is 7.92. The molecule has 0 aliphatic carbocycles. The fourth-order valence-corrected chi connectivity index (χ4v) is 6.77. The van der Waals surface area contributed by atoms with Gasteiger partial charge in [0.15, 0.2) is 5.84 Å². The fourth-order valence-electron chi connectivity index (χ4n) is 5.82. The molecule has 2 unspecified atom stereocenters. The molecule has 12 heteroatoms. The number of benzene rings is 1. The lowest BCUT2D eigenvalue weighted by molar-refractivity contribution is -0.137. The molecule has 6 rings (SSSR count). The van der Waals surface area contributed by atoms with E-state index in [9.17, 15) is 21.6 Å². The lowest BCUT2D eigenvalue weighted by atomic mass is 9.75. The molecular formula is C26H27F3N4O4S. The summed E-state index contributed by atoms with van der Waals surface area (Å²) >= 11 is 0. The summed E-state index contributed by atoms with van der Waals surface area (Å²) in [6.45, 7) is 3.94. The molecule has 2 aromatic rings. The third kappa shape index (κ3) is 4.14. The number of anilines is 1. The maximum atomic E-state index is 13.2. The van der Waals surface area contributed by atoms with E-state index in [-0.39, 0.29) is 5.41 Å². The summed E-state index contributed by atoms with van der Waals surface area (Å²) in [7, 11) is -3.37. The van der Waals surface area contributed by atoms with Crippen LogP contribution in [0.2, 0.25) is 0 Å². The molecule has 4 aliphatic rings. The van der Waals surface area contributed by atoms with Crippen LogP contribution in [0.1, 0.15) is 42.3 Å². The SMILES string of the molecule is CC1(c2ccc(C(F)(F)F)cc2)ON=C2/C(=C/c3ccc4c(n3)CCN4S(C)(=O)=O)CC3(CCOC3)CN21. The predicted molar refractivity (Wildman–Crippen MR) is 135 cm³/mol. The Labute approximate surface area is 218 Å². The lowest BCUT2D eigenvalue weighted by Gasteiger charge is -2.45.